The van der Waals surface area contributed by atoms with Crippen LogP contribution < -0.4 is 15.2 Å². The minimum absolute atomic E-state index is 0.0592. The third-order valence-corrected chi connectivity index (χ3v) is 15.0. The van der Waals surface area contributed by atoms with E-state index in [2.05, 4.69) is 0 Å². The predicted molar refractivity (Wildman–Crippen MR) is 167 cm³/mol. The van der Waals surface area contributed by atoms with Crippen LogP contribution in [0.3, 0.4) is 0 Å². The second-order valence-corrected chi connectivity index (χ2v) is 17.3. The van der Waals surface area contributed by atoms with Crippen molar-refractivity contribution < 1.29 is 65.0 Å². The van der Waals surface area contributed by atoms with Crippen LogP contribution in [0, 0.1) is 0 Å². The van der Waals surface area contributed by atoms with Crippen LogP contribution in [-0.2, 0) is 4.79 Å². The number of rotatable bonds is 4. The van der Waals surface area contributed by atoms with E-state index < -0.39 is 44.0 Å². The maximum atomic E-state index is 13.9. The molecule has 16 heteroatoms. The molecule has 50 heavy (non-hydrogen) atoms. The lowest BCUT2D eigenvalue weighted by molar-refractivity contribution is -0.638. The van der Waals surface area contributed by atoms with Gasteiger partial charge in [-0.2, -0.15) is 22.0 Å². The van der Waals surface area contributed by atoms with Gasteiger partial charge in [-0.1, -0.05) is 25.3 Å². The highest BCUT2D eigenvalue weighted by atomic mass is 28.3. The highest BCUT2D eigenvalue weighted by Gasteiger charge is 2.53. The molecule has 2 N–H and O–H groups in total. The van der Waals surface area contributed by atoms with E-state index in [0.29, 0.717) is 17.0 Å². The number of anilines is 1. The first-order valence-electron chi connectivity index (χ1n) is 15.6. The fraction of sp³-hybridized carbons (Fsp3) is 0.353. The van der Waals surface area contributed by atoms with Crippen LogP contribution >= 0.6 is 0 Å². The van der Waals surface area contributed by atoms with Crippen molar-refractivity contribution in [2.24, 2.45) is 0 Å². The summed E-state index contributed by atoms with van der Waals surface area (Å²) < 4.78 is 88.7. The number of allylic oxidation sites excluding steroid dienone is 5. The average molecular weight is 723 g/mol. The monoisotopic (exact) mass is 722 g/mol. The molecule has 0 aromatic heterocycles. The number of benzene rings is 2. The van der Waals surface area contributed by atoms with Crippen molar-refractivity contribution in [3.05, 3.63) is 87.6 Å². The lowest BCUT2D eigenvalue weighted by atomic mass is 9.86. The summed E-state index contributed by atoms with van der Waals surface area (Å²) in [7, 11) is -2.58. The van der Waals surface area contributed by atoms with Gasteiger partial charge in [0, 0.05) is 17.8 Å². The standard InChI is InChI=1S/C32H28F4N2O4Si.C2HF3O2/c33-31(34)15-37(16-31)20-5-8-23-26(13-20)43(10-2-1-3-11-43)27-14-21(38-17-32(35,36)18-38)6-9-24(27)28(23)25-12-19(29(39)40)4-7-22(25)30(41)42;3-2(4,5)1(6)7/h4-9,12-14H,1-3,10-11,15-18H2,(H-,39,40,41,42);(H,6,7). The molecule has 1 aliphatic carbocycles. The van der Waals surface area contributed by atoms with E-state index in [9.17, 15) is 50.5 Å². The Balaban J connectivity index is 0.000000561. The summed E-state index contributed by atoms with van der Waals surface area (Å²) in [5, 5.41) is 30.8. The van der Waals surface area contributed by atoms with Gasteiger partial charge in [-0.25, -0.2) is 22.9 Å². The topological polar surface area (TPSA) is 121 Å². The Morgan fingerprint density at radius 1 is 0.840 bits per heavy atom. The van der Waals surface area contributed by atoms with Gasteiger partial charge in [0.05, 0.1) is 24.2 Å². The fourth-order valence-corrected chi connectivity index (χ4v) is 13.0. The SMILES string of the molecule is O=C(O)c1ccc(C(=O)O)c(C2=C3C=CC(=[N+]4CC(F)(F)C4)C=C3[Si]3(CCCCC3)c3cc(N4CC(F)(F)C4)ccc32)c1.O=C([O-])C(F)(F)F. The molecule has 1 spiro atoms. The number of hydrogen-bond acceptors (Lipinski definition) is 5. The molecule has 0 bridgehead atoms. The van der Waals surface area contributed by atoms with E-state index >= 15 is 0 Å². The van der Waals surface area contributed by atoms with Crippen molar-refractivity contribution >= 4 is 48.1 Å². The maximum absolute atomic E-state index is 13.9. The number of carboxylic acids is 3. The van der Waals surface area contributed by atoms with Crippen molar-refractivity contribution in [2.45, 2.75) is 49.4 Å². The Morgan fingerprint density at radius 2 is 1.48 bits per heavy atom. The molecular formula is C34H29F7N2O6Si. The number of aliphatic carboxylic acids is 1. The van der Waals surface area contributed by atoms with Crippen molar-refractivity contribution in [3.8, 4) is 0 Å². The number of fused-ring (bicyclic) bond motifs is 4. The van der Waals surface area contributed by atoms with Crippen LogP contribution in [0.1, 0.15) is 51.1 Å². The van der Waals surface area contributed by atoms with E-state index in [1.807, 2.05) is 24.3 Å². The van der Waals surface area contributed by atoms with Gasteiger partial charge in [0.15, 0.2) is 5.71 Å². The Morgan fingerprint density at radius 3 is 2.02 bits per heavy atom. The molecule has 0 amide bonds. The Bertz CT molecular complexity index is 1930. The van der Waals surface area contributed by atoms with Crippen LogP contribution in [0.5, 0.6) is 0 Å². The van der Waals surface area contributed by atoms with Crippen LogP contribution in [0.2, 0.25) is 12.1 Å². The van der Waals surface area contributed by atoms with E-state index in [1.54, 1.807) is 21.6 Å². The summed E-state index contributed by atoms with van der Waals surface area (Å²) >= 11 is 0. The molecule has 8 nitrogen and oxygen atoms in total. The second kappa shape index (κ2) is 12.2. The molecule has 3 saturated heterocycles. The van der Waals surface area contributed by atoms with E-state index in [0.717, 1.165) is 52.9 Å². The smallest absolute Gasteiger partial charge is 0.430 e. The number of carbonyl (C=O) groups excluding carboxylic acids is 1. The molecule has 264 valence electrons. The number of aromatic carboxylic acids is 2. The first-order valence-corrected chi connectivity index (χ1v) is 18.0. The lowest BCUT2D eigenvalue weighted by Gasteiger charge is -2.46. The minimum Gasteiger partial charge on any atom is -0.542 e. The van der Waals surface area contributed by atoms with E-state index in [4.69, 9.17) is 9.90 Å². The first kappa shape index (κ1) is 35.1. The molecule has 0 atom stereocenters. The molecule has 4 heterocycles. The van der Waals surface area contributed by atoms with Gasteiger partial charge in [0.25, 0.3) is 5.92 Å². The molecule has 3 fully saturated rings. The molecule has 7 rings (SSSR count). The number of carbonyl (C=O) groups is 3. The predicted octanol–water partition coefficient (Wildman–Crippen LogP) is 4.63. The number of halogens is 7. The van der Waals surface area contributed by atoms with Crippen LogP contribution in [-0.4, -0.2) is 90.7 Å². The quantitative estimate of drug-likeness (QED) is 0.269. The molecule has 0 saturated carbocycles. The van der Waals surface area contributed by atoms with Gasteiger partial charge < -0.3 is 25.0 Å². The summed E-state index contributed by atoms with van der Waals surface area (Å²) in [6.45, 7) is -1.54. The Labute approximate surface area is 281 Å². The van der Waals surface area contributed by atoms with E-state index in [-0.39, 0.29) is 42.9 Å². The third-order valence-electron chi connectivity index (χ3n) is 9.70. The van der Waals surface area contributed by atoms with Crippen molar-refractivity contribution in [3.63, 3.8) is 0 Å². The van der Waals surface area contributed by atoms with Crippen LogP contribution in [0.4, 0.5) is 36.4 Å². The van der Waals surface area contributed by atoms with Crippen LogP contribution in [0.25, 0.3) is 5.57 Å². The number of hydrogen-bond donors (Lipinski definition) is 2. The highest BCUT2D eigenvalue weighted by molar-refractivity contribution is 7.00. The fourth-order valence-electron chi connectivity index (χ4n) is 7.42. The third kappa shape index (κ3) is 6.36. The maximum Gasteiger partial charge on any atom is 0.430 e. The van der Waals surface area contributed by atoms with E-state index in [1.165, 1.54) is 18.2 Å². The largest absolute Gasteiger partial charge is 0.542 e. The van der Waals surface area contributed by atoms with Gasteiger partial charge in [0.2, 0.25) is 13.1 Å². The molecule has 0 unspecified atom stereocenters. The minimum atomic E-state index is -5.19. The van der Waals surface area contributed by atoms with Crippen molar-refractivity contribution in [2.75, 3.05) is 31.1 Å². The molecule has 2 aromatic rings. The zero-order valence-corrected chi connectivity index (χ0v) is 27.1. The molecule has 4 aliphatic heterocycles. The summed E-state index contributed by atoms with van der Waals surface area (Å²) in [6.07, 6.45) is 3.42. The zero-order chi connectivity index (χ0) is 36.4. The average Bonchev–Trinajstić information content (AvgIpc) is 3.02. The summed E-state index contributed by atoms with van der Waals surface area (Å²) in [4.78, 5) is 34.9. The summed E-state index contributed by atoms with van der Waals surface area (Å²) in [6, 6.07) is 11.3. The number of nitrogens with zero attached hydrogens (tertiary/aromatic N) is 2. The van der Waals surface area contributed by atoms with Gasteiger partial charge in [-0.15, -0.1) is 0 Å². The normalized spacial score (nSPS) is 21.2. The second-order valence-electron chi connectivity index (χ2n) is 13.1. The van der Waals surface area contributed by atoms with Gasteiger partial charge in [0.1, 0.15) is 14.0 Å². The van der Waals surface area contributed by atoms with Gasteiger partial charge in [-0.3, -0.25) is 0 Å². The Kier molecular flexibility index (Phi) is 8.60. The van der Waals surface area contributed by atoms with Crippen molar-refractivity contribution in [1.29, 1.82) is 0 Å². The highest BCUT2D eigenvalue weighted by Crippen LogP contribution is 2.48. The lowest BCUT2D eigenvalue weighted by Crippen LogP contribution is -2.58. The van der Waals surface area contributed by atoms with Gasteiger partial charge >= 0.3 is 24.0 Å². The molecular weight excluding hydrogens is 693 g/mol. The van der Waals surface area contributed by atoms with Crippen LogP contribution in [0.15, 0.2) is 65.4 Å². The first-order chi connectivity index (χ1) is 23.3. The zero-order valence-electron chi connectivity index (χ0n) is 26.1. The molecule has 0 radical (unpaired) electrons. The number of alkyl halides is 7. The summed E-state index contributed by atoms with van der Waals surface area (Å²) in [5.74, 6) is -10.9. The molecule has 5 aliphatic rings. The Hall–Kier alpha value is -4.73. The van der Waals surface area contributed by atoms with Crippen molar-refractivity contribution in [1.82, 2.24) is 0 Å². The van der Waals surface area contributed by atoms with Gasteiger partial charge in [-0.05, 0) is 81.2 Å². The number of carboxylic acid groups (broad SMARTS) is 3. The summed E-state index contributed by atoms with van der Waals surface area (Å²) in [5.41, 5.74) is 3.59. The molecule has 2 aromatic carbocycles.